The van der Waals surface area contributed by atoms with Gasteiger partial charge in [0.05, 0.1) is 0 Å². The number of halogens is 5. The predicted molar refractivity (Wildman–Crippen MR) is 8.62 cm³/mol. The first kappa shape index (κ1) is 558. The standard InChI is InChI=1S/5FH.La.H2O/h5*1H;;1H2/q;;;;;+3;/p-3. The van der Waals surface area contributed by atoms with Crippen molar-refractivity contribution in [2.24, 2.45) is 0 Å². The van der Waals surface area contributed by atoms with Gasteiger partial charge in [0.15, 0.2) is 0 Å². The van der Waals surface area contributed by atoms with Gasteiger partial charge in [-0.05, 0) is 0 Å². The molecular weight excluding hydrogens is 250 g/mol. The zero-order chi connectivity index (χ0) is 0. The third-order valence-corrected chi connectivity index (χ3v) is 0. The van der Waals surface area contributed by atoms with Gasteiger partial charge in [0.25, 0.3) is 0 Å². The molecule has 0 aliphatic carbocycles. The van der Waals surface area contributed by atoms with Crippen molar-refractivity contribution in [2.45, 2.75) is 0 Å². The molecule has 0 heterocycles. The topological polar surface area (TPSA) is 31.5 Å². The monoisotopic (exact) mass is 254 g/mol. The van der Waals surface area contributed by atoms with Gasteiger partial charge in [-0.25, -0.2) is 0 Å². The van der Waals surface area contributed by atoms with Crippen LogP contribution in [0, 0.1) is 35.6 Å². The minimum atomic E-state index is 0. The molecule has 2 N–H and O–H groups in total. The first-order valence-corrected chi connectivity index (χ1v) is 0. The summed E-state index contributed by atoms with van der Waals surface area (Å²) < 4.78 is 0. The van der Waals surface area contributed by atoms with Crippen LogP contribution < -0.4 is 14.1 Å². The third-order valence-electron chi connectivity index (χ3n) is 0. The molecule has 0 fully saturated rings. The third kappa shape index (κ3) is 243. The van der Waals surface area contributed by atoms with Gasteiger partial charge in [0.2, 0.25) is 0 Å². The van der Waals surface area contributed by atoms with E-state index in [2.05, 4.69) is 0 Å². The summed E-state index contributed by atoms with van der Waals surface area (Å²) in [5.41, 5.74) is 0. The van der Waals surface area contributed by atoms with Crippen molar-refractivity contribution in [3.63, 3.8) is 0 Å². The molecule has 0 atom stereocenters. The molecule has 0 aromatic rings. The Morgan fingerprint density at radius 2 is 0.571 bits per heavy atom. The van der Waals surface area contributed by atoms with E-state index in [9.17, 15) is 0 Å². The van der Waals surface area contributed by atoms with Crippen molar-refractivity contribution in [1.29, 1.82) is 0 Å². The van der Waals surface area contributed by atoms with Crippen LogP contribution >= 0.6 is 0 Å². The minimum absolute atomic E-state index is 0. The Kier molecular flexibility index (Phi) is 28200. The SMILES string of the molecule is F.F.O.[F-].[F-].[F-].[La+3]. The van der Waals surface area contributed by atoms with E-state index >= 15 is 0 Å². The molecule has 0 bridgehead atoms. The van der Waals surface area contributed by atoms with E-state index in [1.807, 2.05) is 0 Å². The molecular formula is H4F5LaO. The second kappa shape index (κ2) is 354. The van der Waals surface area contributed by atoms with Crippen molar-refractivity contribution >= 4 is 0 Å². The van der Waals surface area contributed by atoms with Gasteiger partial charge in [0, 0.05) is 0 Å². The summed E-state index contributed by atoms with van der Waals surface area (Å²) >= 11 is 0. The fourth-order valence-corrected chi connectivity index (χ4v) is 0. The van der Waals surface area contributed by atoms with Crippen LogP contribution in [0.4, 0.5) is 9.41 Å². The molecule has 48 valence electrons. The van der Waals surface area contributed by atoms with Crippen LogP contribution in [-0.2, 0) is 0 Å². The van der Waals surface area contributed by atoms with Gasteiger partial charge in [0.1, 0.15) is 0 Å². The first-order valence-electron chi connectivity index (χ1n) is 0. The molecule has 0 aliphatic heterocycles. The zero-order valence-electron chi connectivity index (χ0n) is 3.03. The number of hydrogen-bond acceptors (Lipinski definition) is 0. The second-order valence-corrected chi connectivity index (χ2v) is 0. The molecule has 7 heavy (non-hydrogen) atoms. The van der Waals surface area contributed by atoms with Crippen LogP contribution in [0.1, 0.15) is 0 Å². The smallest absolute Gasteiger partial charge is 1.00 e. The first-order chi connectivity index (χ1) is 0. The van der Waals surface area contributed by atoms with E-state index in [0.717, 1.165) is 0 Å². The maximum absolute atomic E-state index is 0. The molecule has 0 spiro atoms. The van der Waals surface area contributed by atoms with E-state index in [1.54, 1.807) is 0 Å². The van der Waals surface area contributed by atoms with Crippen molar-refractivity contribution in [3.8, 4) is 0 Å². The van der Waals surface area contributed by atoms with Gasteiger partial charge in [-0.1, -0.05) is 0 Å². The summed E-state index contributed by atoms with van der Waals surface area (Å²) in [7, 11) is 0. The quantitative estimate of drug-likeness (QED) is 0.384. The predicted octanol–water partition coefficient (Wildman–Crippen LogP) is -9.51. The summed E-state index contributed by atoms with van der Waals surface area (Å²) in [6.45, 7) is 0. The van der Waals surface area contributed by atoms with E-state index < -0.39 is 0 Å². The summed E-state index contributed by atoms with van der Waals surface area (Å²) in [5.74, 6) is 0. The van der Waals surface area contributed by atoms with E-state index in [1.165, 1.54) is 0 Å². The Morgan fingerprint density at radius 1 is 0.571 bits per heavy atom. The fourth-order valence-electron chi connectivity index (χ4n) is 0. The molecule has 0 radical (unpaired) electrons. The Hall–Kier alpha value is 0.805. The molecule has 0 aromatic carbocycles. The van der Waals surface area contributed by atoms with Crippen LogP contribution in [0.2, 0.25) is 0 Å². The summed E-state index contributed by atoms with van der Waals surface area (Å²) in [5, 5.41) is 0. The van der Waals surface area contributed by atoms with E-state index in [4.69, 9.17) is 0 Å². The molecule has 0 saturated carbocycles. The molecule has 0 unspecified atom stereocenters. The fraction of sp³-hybridized carbons (Fsp3) is 0. The molecule has 0 aliphatic rings. The van der Waals surface area contributed by atoms with Crippen LogP contribution in [0.3, 0.4) is 0 Å². The maximum Gasteiger partial charge on any atom is 3.00 e. The van der Waals surface area contributed by atoms with Gasteiger partial charge < -0.3 is 19.6 Å². The molecule has 0 rings (SSSR count). The summed E-state index contributed by atoms with van der Waals surface area (Å²) in [6.07, 6.45) is 0. The van der Waals surface area contributed by atoms with Crippen LogP contribution in [0.25, 0.3) is 0 Å². The van der Waals surface area contributed by atoms with Gasteiger partial charge in [-0.3, -0.25) is 9.41 Å². The van der Waals surface area contributed by atoms with Crippen LogP contribution in [-0.4, -0.2) is 5.48 Å². The van der Waals surface area contributed by atoms with Crippen molar-refractivity contribution in [1.82, 2.24) is 0 Å². The Labute approximate surface area is 64.6 Å². The van der Waals surface area contributed by atoms with Crippen molar-refractivity contribution in [3.05, 3.63) is 0 Å². The van der Waals surface area contributed by atoms with Crippen LogP contribution in [0.15, 0.2) is 0 Å². The van der Waals surface area contributed by atoms with Gasteiger partial charge in [-0.2, -0.15) is 0 Å². The van der Waals surface area contributed by atoms with Crippen molar-refractivity contribution in [2.75, 3.05) is 0 Å². The number of hydrogen-bond donors (Lipinski definition) is 0. The average molecular weight is 254 g/mol. The molecule has 1 nitrogen and oxygen atoms in total. The molecule has 7 heteroatoms. The van der Waals surface area contributed by atoms with Gasteiger partial charge in [-0.15, -0.1) is 0 Å². The summed E-state index contributed by atoms with van der Waals surface area (Å²) in [4.78, 5) is 0. The Bertz CT molecular complexity index is 8.04. The number of rotatable bonds is 0. The van der Waals surface area contributed by atoms with Gasteiger partial charge >= 0.3 is 35.6 Å². The van der Waals surface area contributed by atoms with E-state index in [-0.39, 0.29) is 64.6 Å². The average Bonchev–Trinajstić information content (AvgIpc) is 0. The molecule has 0 aromatic heterocycles. The normalized spacial score (nSPS) is 0. The van der Waals surface area contributed by atoms with Crippen LogP contribution in [0.5, 0.6) is 0 Å². The molecule has 0 amide bonds. The largest absolute Gasteiger partial charge is 3.00 e. The Morgan fingerprint density at radius 3 is 0.571 bits per heavy atom. The second-order valence-electron chi connectivity index (χ2n) is 0. The Balaban J connectivity index is 0. The van der Waals surface area contributed by atoms with Crippen molar-refractivity contribution < 1.29 is 64.6 Å². The minimum Gasteiger partial charge on any atom is -1.00 e. The maximum atomic E-state index is 0. The zero-order valence-corrected chi connectivity index (χ0v) is 6.65. The van der Waals surface area contributed by atoms with E-state index in [0.29, 0.717) is 0 Å². The summed E-state index contributed by atoms with van der Waals surface area (Å²) in [6, 6.07) is 0. The molecule has 0 saturated heterocycles.